The first-order valence-electron chi connectivity index (χ1n) is 10.2. The molecule has 0 unspecified atom stereocenters. The molecule has 148 valence electrons. The normalized spacial score (nSPS) is 22.6. The van der Waals surface area contributed by atoms with E-state index >= 15 is 0 Å². The van der Waals surface area contributed by atoms with Crippen LogP contribution in [0.2, 0.25) is 0 Å². The second kappa shape index (κ2) is 7.44. The fourth-order valence-corrected chi connectivity index (χ4v) is 4.11. The predicted octanol–water partition coefficient (Wildman–Crippen LogP) is 5.38. The zero-order valence-corrected chi connectivity index (χ0v) is 17.5. The molecule has 0 bridgehead atoms. The minimum atomic E-state index is -0.888. The number of ether oxygens (including phenoxy) is 1. The molecule has 1 saturated carbocycles. The van der Waals surface area contributed by atoms with E-state index in [9.17, 15) is 5.11 Å². The van der Waals surface area contributed by atoms with E-state index in [4.69, 9.17) is 10.5 Å². The van der Waals surface area contributed by atoms with Gasteiger partial charge < -0.3 is 15.6 Å². The molecule has 0 heterocycles. The molecule has 1 aliphatic carbocycles. The summed E-state index contributed by atoms with van der Waals surface area (Å²) in [6, 6.07) is 12.6. The van der Waals surface area contributed by atoms with Gasteiger partial charge in [-0.3, -0.25) is 0 Å². The first kappa shape index (κ1) is 20.2. The van der Waals surface area contributed by atoms with Crippen LogP contribution in [0, 0.1) is 11.3 Å². The fraction of sp³-hybridized carbons (Fsp3) is 0.583. The van der Waals surface area contributed by atoms with E-state index in [-0.39, 0.29) is 0 Å². The third kappa shape index (κ3) is 4.47. The van der Waals surface area contributed by atoms with E-state index in [0.29, 0.717) is 11.5 Å². The lowest BCUT2D eigenvalue weighted by molar-refractivity contribution is 0.0883. The maximum Gasteiger partial charge on any atom is 0.120 e. The van der Waals surface area contributed by atoms with Crippen molar-refractivity contribution < 1.29 is 9.84 Å². The highest BCUT2D eigenvalue weighted by atomic mass is 16.5. The zero-order chi connectivity index (χ0) is 19.8. The van der Waals surface area contributed by atoms with Crippen LogP contribution in [0.15, 0.2) is 36.4 Å². The van der Waals surface area contributed by atoms with Crippen LogP contribution in [-0.2, 0) is 5.41 Å². The van der Waals surface area contributed by atoms with Gasteiger partial charge in [0.2, 0.25) is 0 Å². The Hall–Kier alpha value is -1.58. The van der Waals surface area contributed by atoms with Crippen molar-refractivity contribution in [2.24, 2.45) is 17.1 Å². The molecule has 1 aliphatic rings. The van der Waals surface area contributed by atoms with Gasteiger partial charge in [-0.2, -0.15) is 0 Å². The monoisotopic (exact) mass is 369 g/mol. The summed E-state index contributed by atoms with van der Waals surface area (Å²) < 4.78 is 6.30. The lowest BCUT2D eigenvalue weighted by atomic mass is 9.72. The van der Waals surface area contributed by atoms with Crippen molar-refractivity contribution >= 4 is 10.8 Å². The van der Waals surface area contributed by atoms with Crippen molar-refractivity contribution in [1.82, 2.24) is 0 Å². The number of benzene rings is 2. The number of nitrogens with two attached hydrogens (primary N) is 1. The smallest absolute Gasteiger partial charge is 0.120 e. The quantitative estimate of drug-likeness (QED) is 0.712. The van der Waals surface area contributed by atoms with Gasteiger partial charge in [-0.05, 0) is 65.5 Å². The molecule has 0 spiro atoms. The third-order valence-corrected chi connectivity index (χ3v) is 6.50. The first-order valence-corrected chi connectivity index (χ1v) is 10.2. The summed E-state index contributed by atoms with van der Waals surface area (Å²) in [7, 11) is 0. The largest absolute Gasteiger partial charge is 0.490 e. The summed E-state index contributed by atoms with van der Waals surface area (Å²) in [5.41, 5.74) is 6.71. The van der Waals surface area contributed by atoms with Gasteiger partial charge in [-0.15, -0.1) is 0 Å². The van der Waals surface area contributed by atoms with Gasteiger partial charge >= 0.3 is 0 Å². The molecule has 3 N–H and O–H groups in total. The Bertz CT molecular complexity index is 781. The van der Waals surface area contributed by atoms with Gasteiger partial charge in [-0.25, -0.2) is 0 Å². The maximum absolute atomic E-state index is 9.86. The highest BCUT2D eigenvalue weighted by Crippen LogP contribution is 2.39. The molecular weight excluding hydrogens is 334 g/mol. The van der Waals surface area contributed by atoms with E-state index in [1.54, 1.807) is 0 Å². The third-order valence-electron chi connectivity index (χ3n) is 6.50. The second-order valence-electron chi connectivity index (χ2n) is 9.85. The molecule has 0 aromatic heterocycles. The van der Waals surface area contributed by atoms with Gasteiger partial charge in [0, 0.05) is 5.41 Å². The maximum atomic E-state index is 9.86. The van der Waals surface area contributed by atoms with Gasteiger partial charge in [0.15, 0.2) is 0 Å². The van der Waals surface area contributed by atoms with Crippen molar-refractivity contribution in [2.75, 3.05) is 0 Å². The zero-order valence-electron chi connectivity index (χ0n) is 17.5. The Morgan fingerprint density at radius 3 is 2.11 bits per heavy atom. The highest BCUT2D eigenvalue weighted by molar-refractivity contribution is 5.84. The molecule has 0 radical (unpaired) electrons. The Morgan fingerprint density at radius 2 is 1.52 bits per heavy atom. The molecule has 0 aliphatic heterocycles. The summed E-state index contributed by atoms with van der Waals surface area (Å²) >= 11 is 0. The topological polar surface area (TPSA) is 55.5 Å². The molecule has 0 amide bonds. The Labute approximate surface area is 163 Å². The van der Waals surface area contributed by atoms with Gasteiger partial charge in [0.1, 0.15) is 12.0 Å². The molecular formula is C24H35NO2. The molecule has 2 aromatic carbocycles. The van der Waals surface area contributed by atoms with Crippen molar-refractivity contribution in [3.05, 3.63) is 42.0 Å². The molecule has 1 atom stereocenters. The van der Waals surface area contributed by atoms with Gasteiger partial charge in [0.05, 0.1) is 6.10 Å². The Kier molecular flexibility index (Phi) is 5.56. The summed E-state index contributed by atoms with van der Waals surface area (Å²) in [6.07, 6.45) is 4.22. The van der Waals surface area contributed by atoms with Gasteiger partial charge in [0.25, 0.3) is 0 Å². The van der Waals surface area contributed by atoms with Crippen LogP contribution in [0.4, 0.5) is 0 Å². The van der Waals surface area contributed by atoms with Gasteiger partial charge in [-0.1, -0.05) is 58.9 Å². The van der Waals surface area contributed by atoms with Crippen LogP contribution in [0.25, 0.3) is 10.8 Å². The summed E-state index contributed by atoms with van der Waals surface area (Å²) in [6.45, 7) is 11.0. The van der Waals surface area contributed by atoms with Crippen molar-refractivity contribution in [3.8, 4) is 5.75 Å². The SMILES string of the molecule is CC(C)(C)C1CCC(Oc2ccc3cc(C(C)(C)[C@H](N)O)ccc3c2)CC1. The number of hydrogen-bond donors (Lipinski definition) is 2. The number of aliphatic hydroxyl groups is 1. The van der Waals surface area contributed by atoms with Crippen LogP contribution in [0.1, 0.15) is 65.9 Å². The molecule has 27 heavy (non-hydrogen) atoms. The summed E-state index contributed by atoms with van der Waals surface area (Å²) in [5.74, 6) is 1.75. The summed E-state index contributed by atoms with van der Waals surface area (Å²) in [4.78, 5) is 0. The summed E-state index contributed by atoms with van der Waals surface area (Å²) in [5, 5.41) is 12.2. The number of aliphatic hydroxyl groups excluding tert-OH is 1. The fourth-order valence-electron chi connectivity index (χ4n) is 4.11. The highest BCUT2D eigenvalue weighted by Gasteiger charge is 2.30. The van der Waals surface area contributed by atoms with Crippen molar-refractivity contribution in [3.63, 3.8) is 0 Å². The first-order chi connectivity index (χ1) is 12.6. The average Bonchev–Trinajstić information content (AvgIpc) is 2.60. The van der Waals surface area contributed by atoms with Crippen LogP contribution >= 0.6 is 0 Å². The molecule has 3 nitrogen and oxygen atoms in total. The Morgan fingerprint density at radius 1 is 0.926 bits per heavy atom. The van der Waals surface area contributed by atoms with E-state index in [0.717, 1.165) is 40.8 Å². The van der Waals surface area contributed by atoms with E-state index in [1.807, 2.05) is 13.8 Å². The number of hydrogen-bond acceptors (Lipinski definition) is 3. The van der Waals surface area contributed by atoms with E-state index in [2.05, 4.69) is 57.2 Å². The van der Waals surface area contributed by atoms with E-state index in [1.165, 1.54) is 12.8 Å². The van der Waals surface area contributed by atoms with Crippen LogP contribution in [0.5, 0.6) is 5.75 Å². The molecule has 2 aromatic rings. The minimum absolute atomic E-state index is 0.326. The van der Waals surface area contributed by atoms with Crippen molar-refractivity contribution in [1.29, 1.82) is 0 Å². The molecule has 0 saturated heterocycles. The number of rotatable bonds is 4. The molecule has 1 fully saturated rings. The molecule has 3 heteroatoms. The van der Waals surface area contributed by atoms with Crippen molar-refractivity contribution in [2.45, 2.75) is 78.0 Å². The lowest BCUT2D eigenvalue weighted by Crippen LogP contribution is -2.40. The second-order valence-corrected chi connectivity index (χ2v) is 9.85. The predicted molar refractivity (Wildman–Crippen MR) is 113 cm³/mol. The minimum Gasteiger partial charge on any atom is -0.490 e. The molecule has 3 rings (SSSR count). The van der Waals surface area contributed by atoms with Crippen LogP contribution in [-0.4, -0.2) is 17.4 Å². The van der Waals surface area contributed by atoms with Crippen LogP contribution < -0.4 is 10.5 Å². The standard InChI is InChI=1S/C24H35NO2/c1-23(2,3)18-9-12-20(13-10-18)27-21-11-7-16-14-19(8-6-17(16)15-21)24(4,5)22(25)26/h6-8,11,14-15,18,20,22,26H,9-10,12-13,25H2,1-5H3/t18?,20?,22-/m1/s1. The Balaban J connectivity index is 1.71. The lowest BCUT2D eigenvalue weighted by Gasteiger charge is -2.37. The average molecular weight is 370 g/mol. The number of fused-ring (bicyclic) bond motifs is 1. The van der Waals surface area contributed by atoms with Crippen LogP contribution in [0.3, 0.4) is 0 Å². The van der Waals surface area contributed by atoms with E-state index < -0.39 is 11.6 Å².